The van der Waals surface area contributed by atoms with Gasteiger partial charge in [-0.3, -0.25) is 24.2 Å². The molecule has 0 unspecified atom stereocenters. The molecule has 0 radical (unpaired) electrons. The fourth-order valence-corrected chi connectivity index (χ4v) is 4.03. The van der Waals surface area contributed by atoms with Crippen molar-refractivity contribution in [1.82, 2.24) is 14.9 Å². The molecule has 182 valence electrons. The first-order chi connectivity index (χ1) is 15.9. The van der Waals surface area contributed by atoms with Gasteiger partial charge in [0.2, 0.25) is 11.5 Å². The molecule has 0 saturated heterocycles. The predicted molar refractivity (Wildman–Crippen MR) is 123 cm³/mol. The molecule has 15 heteroatoms. The highest BCUT2D eigenvalue weighted by Gasteiger charge is 2.24. The first kappa shape index (κ1) is 27.1. The zero-order chi connectivity index (χ0) is 25.5. The number of carbonyl (C=O) groups is 2. The average Bonchev–Trinajstić information content (AvgIpc) is 2.76. The summed E-state index contributed by atoms with van der Waals surface area (Å²) in [6, 6.07) is 5.34. The van der Waals surface area contributed by atoms with Gasteiger partial charge in [0.25, 0.3) is 5.69 Å². The van der Waals surface area contributed by atoms with E-state index in [1.807, 2.05) is 0 Å². The quantitative estimate of drug-likeness (QED) is 0.173. The Hall–Kier alpha value is -3.16. The van der Waals surface area contributed by atoms with Gasteiger partial charge in [0.05, 0.1) is 18.1 Å². The van der Waals surface area contributed by atoms with E-state index in [9.17, 15) is 24.3 Å². The predicted octanol–water partition coefficient (Wildman–Crippen LogP) is 2.54. The Labute approximate surface area is 198 Å². The van der Waals surface area contributed by atoms with E-state index in [1.54, 1.807) is 6.92 Å². The number of anilines is 1. The number of aryl methyl sites for hydroxylation is 1. The zero-order valence-corrected chi connectivity index (χ0v) is 19.9. The molecule has 0 spiro atoms. The number of phosphoric acid groups is 1. The Morgan fingerprint density at radius 3 is 2.65 bits per heavy atom. The van der Waals surface area contributed by atoms with Gasteiger partial charge in [-0.2, -0.15) is 0 Å². The van der Waals surface area contributed by atoms with E-state index < -0.39 is 30.2 Å². The highest BCUT2D eigenvalue weighted by molar-refractivity contribution is 8.17. The van der Waals surface area contributed by atoms with Crippen molar-refractivity contribution >= 4 is 42.6 Å². The van der Waals surface area contributed by atoms with Crippen LogP contribution in [0, 0.1) is 17.0 Å². The molecule has 4 N–H and O–H groups in total. The van der Waals surface area contributed by atoms with Crippen LogP contribution in [-0.4, -0.2) is 47.7 Å². The van der Waals surface area contributed by atoms with Crippen molar-refractivity contribution in [3.8, 4) is 0 Å². The smallest absolute Gasteiger partial charge is 0.383 e. The number of nitrogen functional groups attached to an aromatic ring is 1. The third-order valence-electron chi connectivity index (χ3n) is 4.45. The number of hydrogen-bond donors (Lipinski definition) is 3. The molecule has 1 heterocycles. The molecule has 1 aromatic carbocycles. The lowest BCUT2D eigenvalue weighted by molar-refractivity contribution is -0.385. The number of aromatic nitrogens is 2. The average molecular weight is 511 g/mol. The number of benzene rings is 1. The lowest BCUT2D eigenvalue weighted by Crippen LogP contribution is -2.22. The molecule has 1 amide bonds. The molecule has 0 aliphatic carbocycles. The molecule has 34 heavy (non-hydrogen) atoms. The lowest BCUT2D eigenvalue weighted by Gasteiger charge is -2.22. The highest BCUT2D eigenvalue weighted by Crippen LogP contribution is 2.38. The minimum absolute atomic E-state index is 0.0511. The Balaban J connectivity index is 2.40. The van der Waals surface area contributed by atoms with Crippen molar-refractivity contribution in [2.75, 3.05) is 12.3 Å². The van der Waals surface area contributed by atoms with Gasteiger partial charge in [-0.05, 0) is 31.7 Å². The molecule has 13 nitrogen and oxygen atoms in total. The fourth-order valence-electron chi connectivity index (χ4n) is 2.75. The number of nitrogens with two attached hydrogens (primary N) is 1. The van der Waals surface area contributed by atoms with Crippen LogP contribution in [0.5, 0.6) is 0 Å². The van der Waals surface area contributed by atoms with Crippen LogP contribution in [0.1, 0.15) is 35.1 Å². The summed E-state index contributed by atoms with van der Waals surface area (Å²) in [5.74, 6) is 0.592. The van der Waals surface area contributed by atoms with Gasteiger partial charge in [0.15, 0.2) is 0 Å². The maximum absolute atomic E-state index is 12.9. The summed E-state index contributed by atoms with van der Waals surface area (Å²) < 4.78 is 15.5. The molecule has 0 saturated carbocycles. The van der Waals surface area contributed by atoms with Crippen LogP contribution in [0.3, 0.4) is 0 Å². The monoisotopic (exact) mass is 511 g/mol. The number of nitro groups is 1. The van der Waals surface area contributed by atoms with Crippen molar-refractivity contribution in [3.05, 3.63) is 68.1 Å². The number of thioether (sulfide) groups is 1. The lowest BCUT2D eigenvalue weighted by atomic mass is 10.2. The molecule has 2 aromatic rings. The maximum atomic E-state index is 12.9. The molecule has 0 aliphatic heterocycles. The molecular weight excluding hydrogens is 489 g/mol. The van der Waals surface area contributed by atoms with Crippen molar-refractivity contribution in [3.63, 3.8) is 0 Å². The first-order valence-corrected chi connectivity index (χ1v) is 11.9. The van der Waals surface area contributed by atoms with Gasteiger partial charge in [-0.25, -0.2) is 14.5 Å². The molecular formula is C19H22N5O8PS. The van der Waals surface area contributed by atoms with Crippen LogP contribution in [0.15, 0.2) is 41.1 Å². The summed E-state index contributed by atoms with van der Waals surface area (Å²) in [7, 11) is -4.78. The van der Waals surface area contributed by atoms with Crippen LogP contribution in [-0.2, 0) is 20.4 Å². The van der Waals surface area contributed by atoms with Crippen LogP contribution in [0.2, 0.25) is 0 Å². The number of amides is 1. The third-order valence-corrected chi connectivity index (χ3v) is 6.12. The van der Waals surface area contributed by atoms with Crippen LogP contribution in [0.4, 0.5) is 11.5 Å². The van der Waals surface area contributed by atoms with Crippen molar-refractivity contribution in [2.45, 2.75) is 26.8 Å². The Bertz CT molecular complexity index is 1170. The molecule has 2 rings (SSSR count). The standard InChI is InChI=1S/C19H22N5O8PS/c1-12(23(11-25)10-14-9-21-13(2)22-18(14)20)17(7-8-32-33(29,30)31)34-19(26)15-5-3-4-6-16(15)24(27)28/h3-6,9,11H,7-8,10H2,1-2H3,(H2,20,21,22)(H2,29,30,31)/b17-12-. The number of allylic oxidation sites excluding steroid dienone is 1. The Morgan fingerprint density at radius 2 is 2.06 bits per heavy atom. The van der Waals surface area contributed by atoms with Gasteiger partial charge in [-0.15, -0.1) is 0 Å². The number of carbonyl (C=O) groups excluding carboxylic acids is 2. The second-order valence-electron chi connectivity index (χ2n) is 6.81. The third kappa shape index (κ3) is 7.71. The number of nitro benzene ring substituents is 1. The van der Waals surface area contributed by atoms with Gasteiger partial charge in [0.1, 0.15) is 17.2 Å². The van der Waals surface area contributed by atoms with E-state index in [2.05, 4.69) is 14.5 Å². The second kappa shape index (κ2) is 11.8. The minimum atomic E-state index is -4.78. The first-order valence-electron chi connectivity index (χ1n) is 9.58. The fraction of sp³-hybridized carbons (Fsp3) is 0.263. The minimum Gasteiger partial charge on any atom is -0.383 e. The number of phosphoric ester groups is 1. The number of rotatable bonds is 11. The summed E-state index contributed by atoms with van der Waals surface area (Å²) in [6.45, 7) is 2.63. The summed E-state index contributed by atoms with van der Waals surface area (Å²) >= 11 is 0.589. The molecule has 0 aliphatic rings. The van der Waals surface area contributed by atoms with Crippen molar-refractivity contribution in [1.29, 1.82) is 0 Å². The van der Waals surface area contributed by atoms with E-state index >= 15 is 0 Å². The zero-order valence-electron chi connectivity index (χ0n) is 18.2. The summed E-state index contributed by atoms with van der Waals surface area (Å²) in [6.07, 6.45) is 1.76. The van der Waals surface area contributed by atoms with E-state index in [1.165, 1.54) is 42.3 Å². The molecule has 1 aromatic heterocycles. The summed E-state index contributed by atoms with van der Waals surface area (Å²) in [4.78, 5) is 62.7. The van der Waals surface area contributed by atoms with Crippen molar-refractivity contribution in [2.24, 2.45) is 0 Å². The van der Waals surface area contributed by atoms with E-state index in [4.69, 9.17) is 15.5 Å². The van der Waals surface area contributed by atoms with Gasteiger partial charge < -0.3 is 20.4 Å². The van der Waals surface area contributed by atoms with Crippen molar-refractivity contribution < 1.29 is 33.4 Å². The Morgan fingerprint density at radius 1 is 1.38 bits per heavy atom. The summed E-state index contributed by atoms with van der Waals surface area (Å²) in [5.41, 5.74) is 5.99. The SMILES string of the molecule is C/C(=C(\CCOP(=O)(O)O)SC(=O)c1ccccc1[N+](=O)[O-])N(C=O)Cc1cnc(C)nc1N. The van der Waals surface area contributed by atoms with Crippen LogP contribution < -0.4 is 5.73 Å². The van der Waals surface area contributed by atoms with E-state index in [0.717, 1.165) is 0 Å². The molecule has 0 bridgehead atoms. The second-order valence-corrected chi connectivity index (χ2v) is 9.11. The van der Waals surface area contributed by atoms with Gasteiger partial charge in [-0.1, -0.05) is 12.1 Å². The largest absolute Gasteiger partial charge is 0.469 e. The van der Waals surface area contributed by atoms with Crippen LogP contribution >= 0.6 is 19.6 Å². The number of para-hydroxylation sites is 1. The number of nitrogens with zero attached hydrogens (tertiary/aromatic N) is 4. The number of hydrogen-bond acceptors (Lipinski definition) is 10. The van der Waals surface area contributed by atoms with Gasteiger partial charge >= 0.3 is 7.82 Å². The normalized spacial score (nSPS) is 12.1. The molecule has 0 fully saturated rings. The topological polar surface area (TPSA) is 199 Å². The van der Waals surface area contributed by atoms with E-state index in [-0.39, 0.29) is 34.9 Å². The van der Waals surface area contributed by atoms with Gasteiger partial charge in [0, 0.05) is 34.8 Å². The molecule has 0 atom stereocenters. The van der Waals surface area contributed by atoms with E-state index in [0.29, 0.717) is 29.6 Å². The highest BCUT2D eigenvalue weighted by atomic mass is 32.2. The Kier molecular flexibility index (Phi) is 9.41. The van der Waals surface area contributed by atoms with Crippen LogP contribution in [0.25, 0.3) is 0 Å². The maximum Gasteiger partial charge on any atom is 0.469 e. The summed E-state index contributed by atoms with van der Waals surface area (Å²) in [5, 5.41) is 10.6.